The van der Waals surface area contributed by atoms with Gasteiger partial charge in [-0.05, 0) is 24.1 Å². The van der Waals surface area contributed by atoms with Gasteiger partial charge < -0.3 is 10.6 Å². The number of hydrogen-bond acceptors (Lipinski definition) is 3. The van der Waals surface area contributed by atoms with Gasteiger partial charge in [-0.15, -0.1) is 24.0 Å². The molecule has 0 aliphatic heterocycles. The summed E-state index contributed by atoms with van der Waals surface area (Å²) in [7, 11) is 0. The lowest BCUT2D eigenvalue weighted by Gasteiger charge is -2.13. The Bertz CT molecular complexity index is 894. The second-order valence-electron chi connectivity index (χ2n) is 6.05. The highest BCUT2D eigenvalue weighted by Gasteiger charge is 2.11. The molecule has 0 saturated heterocycles. The van der Waals surface area contributed by atoms with E-state index < -0.39 is 6.55 Å². The highest BCUT2D eigenvalue weighted by atomic mass is 127. The number of imidazole rings is 1. The van der Waals surface area contributed by atoms with E-state index in [0.717, 1.165) is 15.7 Å². The molecule has 0 aliphatic carbocycles. The zero-order valence-electron chi connectivity index (χ0n) is 16.0. The summed E-state index contributed by atoms with van der Waals surface area (Å²) in [6.07, 6.45) is 6.28. The number of aliphatic imine (C=N–C) groups is 1. The summed E-state index contributed by atoms with van der Waals surface area (Å²) in [4.78, 5) is 8.56. The van der Waals surface area contributed by atoms with Gasteiger partial charge in [-0.1, -0.05) is 24.3 Å². The molecule has 0 saturated carbocycles. The lowest BCUT2D eigenvalue weighted by Crippen LogP contribution is -2.37. The number of hydrogen-bond donors (Lipinski definition) is 2. The van der Waals surface area contributed by atoms with Crippen LogP contribution in [0, 0.1) is 0 Å². The molecule has 0 unspecified atom stereocenters. The Morgan fingerprint density at radius 2 is 1.90 bits per heavy atom. The monoisotopic (exact) mass is 515 g/mol. The van der Waals surface area contributed by atoms with Crippen molar-refractivity contribution in [2.24, 2.45) is 4.99 Å². The van der Waals surface area contributed by atoms with Crippen LogP contribution < -0.4 is 10.6 Å². The predicted octanol–water partition coefficient (Wildman–Crippen LogP) is 3.40. The van der Waals surface area contributed by atoms with Crippen LogP contribution in [0.3, 0.4) is 0 Å². The van der Waals surface area contributed by atoms with Gasteiger partial charge in [-0.25, -0.2) is 9.98 Å². The van der Waals surface area contributed by atoms with E-state index in [2.05, 4.69) is 25.7 Å². The van der Waals surface area contributed by atoms with Crippen LogP contribution in [0.2, 0.25) is 0 Å². The molecular weight excluding hydrogens is 491 g/mol. The van der Waals surface area contributed by atoms with Gasteiger partial charge in [0.15, 0.2) is 5.96 Å². The Hall–Kier alpha value is -2.50. The number of guanidine groups is 1. The van der Waals surface area contributed by atoms with Gasteiger partial charge in [0.2, 0.25) is 0 Å². The van der Waals surface area contributed by atoms with Crippen molar-refractivity contribution in [1.29, 1.82) is 0 Å². The molecule has 0 amide bonds. The molecule has 0 bridgehead atoms. The maximum Gasteiger partial charge on any atom is 0.319 e. The third-order valence-electron chi connectivity index (χ3n) is 4.13. The minimum absolute atomic E-state index is 0. The largest absolute Gasteiger partial charge is 0.357 e. The third kappa shape index (κ3) is 6.51. The SMILES string of the molecule is CCNC(=NCc1ccccc1Cn1cccn1)NCc1nccn1C(F)F.I. The van der Waals surface area contributed by atoms with Crippen molar-refractivity contribution < 1.29 is 8.78 Å². The fourth-order valence-corrected chi connectivity index (χ4v) is 2.76. The molecule has 1 aromatic carbocycles. The Labute approximate surface area is 185 Å². The Morgan fingerprint density at radius 1 is 1.10 bits per heavy atom. The van der Waals surface area contributed by atoms with E-state index >= 15 is 0 Å². The van der Waals surface area contributed by atoms with Gasteiger partial charge in [0.1, 0.15) is 5.82 Å². The molecule has 2 aromatic heterocycles. The highest BCUT2D eigenvalue weighted by molar-refractivity contribution is 14.0. The molecule has 0 atom stereocenters. The van der Waals surface area contributed by atoms with Gasteiger partial charge >= 0.3 is 6.55 Å². The summed E-state index contributed by atoms with van der Waals surface area (Å²) in [5.74, 6) is 0.792. The average Bonchev–Trinajstić information content (AvgIpc) is 3.37. The first kappa shape index (κ1) is 22.8. The van der Waals surface area contributed by atoms with Crippen molar-refractivity contribution in [3.05, 3.63) is 72.1 Å². The minimum Gasteiger partial charge on any atom is -0.357 e. The summed E-state index contributed by atoms with van der Waals surface area (Å²) >= 11 is 0. The molecule has 2 heterocycles. The fraction of sp³-hybridized carbons (Fsp3) is 0.316. The number of benzene rings is 1. The Morgan fingerprint density at radius 3 is 2.59 bits per heavy atom. The topological polar surface area (TPSA) is 72.1 Å². The van der Waals surface area contributed by atoms with Gasteiger partial charge in [0.05, 0.1) is 19.6 Å². The number of nitrogens with one attached hydrogen (secondary N) is 2. The van der Waals surface area contributed by atoms with Gasteiger partial charge in [0, 0.05) is 31.3 Å². The van der Waals surface area contributed by atoms with Crippen molar-refractivity contribution in [3.63, 3.8) is 0 Å². The molecule has 0 aliphatic rings. The van der Waals surface area contributed by atoms with Crippen molar-refractivity contribution in [2.45, 2.75) is 33.1 Å². The van der Waals surface area contributed by atoms with Crippen molar-refractivity contribution in [3.8, 4) is 0 Å². The zero-order chi connectivity index (χ0) is 19.8. The fourth-order valence-electron chi connectivity index (χ4n) is 2.76. The molecule has 7 nitrogen and oxygen atoms in total. The second-order valence-corrected chi connectivity index (χ2v) is 6.05. The number of rotatable bonds is 8. The predicted molar refractivity (Wildman–Crippen MR) is 118 cm³/mol. The highest BCUT2D eigenvalue weighted by Crippen LogP contribution is 2.13. The van der Waals surface area contributed by atoms with E-state index in [1.54, 1.807) is 6.20 Å². The van der Waals surface area contributed by atoms with Crippen LogP contribution in [0.25, 0.3) is 0 Å². The first-order chi connectivity index (χ1) is 13.7. The van der Waals surface area contributed by atoms with Crippen LogP contribution in [0.4, 0.5) is 8.78 Å². The molecule has 156 valence electrons. The third-order valence-corrected chi connectivity index (χ3v) is 4.13. The number of aromatic nitrogens is 4. The Kier molecular flexibility index (Phi) is 9.03. The maximum atomic E-state index is 12.9. The Balaban J connectivity index is 0.00000300. The summed E-state index contributed by atoms with van der Waals surface area (Å²) in [6, 6.07) is 9.91. The smallest absolute Gasteiger partial charge is 0.319 e. The summed E-state index contributed by atoms with van der Waals surface area (Å²) in [5.41, 5.74) is 2.20. The number of nitrogens with zero attached hydrogens (tertiary/aromatic N) is 5. The van der Waals surface area contributed by atoms with Crippen molar-refractivity contribution in [2.75, 3.05) is 6.54 Å². The number of alkyl halides is 2. The van der Waals surface area contributed by atoms with E-state index in [9.17, 15) is 8.78 Å². The van der Waals surface area contributed by atoms with Crippen LogP contribution in [0.5, 0.6) is 0 Å². The summed E-state index contributed by atoms with van der Waals surface area (Å²) in [6.45, 7) is 1.25. The van der Waals surface area contributed by atoms with Crippen LogP contribution in [0.15, 0.2) is 60.1 Å². The van der Waals surface area contributed by atoms with E-state index in [4.69, 9.17) is 0 Å². The van der Waals surface area contributed by atoms with Crippen LogP contribution in [0.1, 0.15) is 30.4 Å². The van der Waals surface area contributed by atoms with Crippen LogP contribution in [-0.2, 0) is 19.6 Å². The van der Waals surface area contributed by atoms with Crippen LogP contribution >= 0.6 is 24.0 Å². The van der Waals surface area contributed by atoms with E-state index in [-0.39, 0.29) is 36.3 Å². The molecule has 10 heteroatoms. The van der Waals surface area contributed by atoms with Crippen LogP contribution in [-0.4, -0.2) is 31.8 Å². The molecule has 0 spiro atoms. The summed E-state index contributed by atoms with van der Waals surface area (Å²) in [5, 5.41) is 10.4. The molecule has 0 fully saturated rings. The van der Waals surface area contributed by atoms with E-state index in [1.807, 2.05) is 48.1 Å². The first-order valence-electron chi connectivity index (χ1n) is 9.03. The van der Waals surface area contributed by atoms with Crippen molar-refractivity contribution in [1.82, 2.24) is 30.0 Å². The molecule has 29 heavy (non-hydrogen) atoms. The lowest BCUT2D eigenvalue weighted by atomic mass is 10.1. The molecule has 3 rings (SSSR count). The standard InChI is InChI=1S/C19H23F2N7.HI/c1-2-22-19(25-13-17-23-9-11-28(17)18(20)21)24-12-15-6-3-4-7-16(15)14-27-10-5-8-26-27;/h3-11,18H,2,12-14H2,1H3,(H2,22,24,25);1H. The van der Waals surface area contributed by atoms with E-state index in [1.165, 1.54) is 12.4 Å². The van der Waals surface area contributed by atoms with Gasteiger partial charge in [-0.3, -0.25) is 9.25 Å². The molecule has 0 radical (unpaired) electrons. The zero-order valence-corrected chi connectivity index (χ0v) is 18.3. The second kappa shape index (κ2) is 11.5. The first-order valence-corrected chi connectivity index (χ1v) is 9.03. The average molecular weight is 515 g/mol. The number of halogens is 3. The summed E-state index contributed by atoms with van der Waals surface area (Å²) < 4.78 is 28.6. The molecule has 3 aromatic rings. The maximum absolute atomic E-state index is 12.9. The van der Waals surface area contributed by atoms with E-state index in [0.29, 0.717) is 25.6 Å². The normalized spacial score (nSPS) is 11.4. The van der Waals surface area contributed by atoms with Gasteiger partial charge in [-0.2, -0.15) is 13.9 Å². The van der Waals surface area contributed by atoms with Crippen molar-refractivity contribution >= 4 is 29.9 Å². The van der Waals surface area contributed by atoms with Gasteiger partial charge in [0.25, 0.3) is 0 Å². The molecular formula is C19H24F2IN7. The lowest BCUT2D eigenvalue weighted by molar-refractivity contribution is 0.0668. The minimum atomic E-state index is -2.62. The molecule has 2 N–H and O–H groups in total. The quantitative estimate of drug-likeness (QED) is 0.274.